The molecule has 1 aromatic rings. The number of anilines is 1. The predicted molar refractivity (Wildman–Crippen MR) is 421 cm³/mol. The summed E-state index contributed by atoms with van der Waals surface area (Å²) in [5, 5.41) is 30.5. The Morgan fingerprint density at radius 3 is 1.30 bits per heavy atom. The molecule has 6 fully saturated rings. The monoisotopic (exact) mass is 1540 g/mol. The lowest BCUT2D eigenvalue weighted by Crippen LogP contribution is -2.54. The largest absolute Gasteiger partial charge is 0.463 e. The standard InChI is InChI=1S/C26H33NO5.C21H28O6.C21H26O6.C21H30O4/c1-17(2)9-8-10-18(3)13-24-26(16-25(30)32-24)15-22(31-19(4)28)21(14-23(26)29)27-20-11-6-5-7-12-20;2*1-14(5-4-6-17(12-22)13-23)9-19-21(11-20(25)27-19)10-18(26-16(3)24)8-7-15(21)2;1-14(2)7-6-8-15(3)11-19-21(13-20(23)25-19)12-18(24-17(5)22)10-9-16(21)4/h5-7,9,11-13,21-22,24,27H,8,10,14-16H2,1-4H3;6-9,18-19,22-23H,2,4-5,10-13H2,1,3H3;6-9,12,18-19,23H,2,4-5,10-11,13H2,1,3H3;7,11,18-19H,4,6,8-10,12-13H2,1-3,5H3/b18-13+;14-9+;14-9+,17-6-;15-11+/t21-,22-,24+,26?;3*18-,19-,21?/m0111/s1. The zero-order chi connectivity index (χ0) is 82.0. The van der Waals surface area contributed by atoms with Crippen molar-refractivity contribution in [1.29, 1.82) is 0 Å². The van der Waals surface area contributed by atoms with Gasteiger partial charge in [-0.3, -0.25) is 47.9 Å². The van der Waals surface area contributed by atoms with Crippen LogP contribution in [0.4, 0.5) is 5.69 Å². The second-order valence-corrected chi connectivity index (χ2v) is 31.1. The normalized spacial score (nSPS) is 28.3. The first-order chi connectivity index (χ1) is 52.5. The molecule has 4 saturated heterocycles. The summed E-state index contributed by atoms with van der Waals surface area (Å²) in [6, 6.07) is 9.16. The minimum Gasteiger partial charge on any atom is -0.463 e. The predicted octanol–water partition coefficient (Wildman–Crippen LogP) is 14.4. The van der Waals surface area contributed by atoms with Gasteiger partial charge in [0.15, 0.2) is 0 Å². The topological polar surface area (TPSA) is 317 Å². The van der Waals surface area contributed by atoms with E-state index in [1.807, 2.05) is 81.5 Å². The smallest absolute Gasteiger partial charge is 0.307 e. The van der Waals surface area contributed by atoms with E-state index in [1.165, 1.54) is 44.4 Å². The van der Waals surface area contributed by atoms with Gasteiger partial charge in [0, 0.05) is 80.9 Å². The Bertz CT molecular complexity index is 3920. The second kappa shape index (κ2) is 42.3. The van der Waals surface area contributed by atoms with E-state index in [1.54, 1.807) is 24.3 Å². The van der Waals surface area contributed by atoms with Gasteiger partial charge in [0.2, 0.25) is 0 Å². The fourth-order valence-electron chi connectivity index (χ4n) is 15.6. The number of carbonyl (C=O) groups is 10. The minimum atomic E-state index is -0.996. The van der Waals surface area contributed by atoms with Gasteiger partial charge in [-0.15, -0.1) is 0 Å². The van der Waals surface area contributed by atoms with Crippen LogP contribution in [0, 0.1) is 21.7 Å². The van der Waals surface area contributed by atoms with E-state index in [9.17, 15) is 47.9 Å². The number of hydrogen-bond acceptors (Lipinski definition) is 22. The molecule has 4 unspecified atom stereocenters. The Hall–Kier alpha value is -9.38. The number of aliphatic hydroxyl groups excluding tert-OH is 3. The number of aliphatic hydroxyl groups is 3. The maximum Gasteiger partial charge on any atom is 0.307 e. The van der Waals surface area contributed by atoms with E-state index < -0.39 is 64.3 Å². The molecular weight excluding hydrogens is 1420 g/mol. The van der Waals surface area contributed by atoms with Crippen molar-refractivity contribution in [3.63, 3.8) is 0 Å². The Labute approximate surface area is 654 Å². The first-order valence-electron chi connectivity index (χ1n) is 38.4. The quantitative estimate of drug-likeness (QED) is 0.0220. The number of aldehydes is 1. The highest BCUT2D eigenvalue weighted by Crippen LogP contribution is 2.54. The molecule has 0 bridgehead atoms. The van der Waals surface area contributed by atoms with E-state index in [0.29, 0.717) is 68.8 Å². The van der Waals surface area contributed by atoms with Crippen molar-refractivity contribution < 1.29 is 101 Å². The molecule has 13 atom stereocenters. The van der Waals surface area contributed by atoms with E-state index >= 15 is 0 Å². The van der Waals surface area contributed by atoms with E-state index in [2.05, 4.69) is 77.9 Å². The number of rotatable bonds is 26. The molecule has 4 heterocycles. The van der Waals surface area contributed by atoms with Crippen molar-refractivity contribution in [2.45, 2.75) is 260 Å². The van der Waals surface area contributed by atoms with Crippen LogP contribution in [0.1, 0.15) is 205 Å². The van der Waals surface area contributed by atoms with Crippen LogP contribution in [-0.2, 0) is 85.8 Å². The van der Waals surface area contributed by atoms with Gasteiger partial charge >= 0.3 is 47.8 Å². The van der Waals surface area contributed by atoms with E-state index in [4.69, 9.17) is 53.2 Å². The summed E-state index contributed by atoms with van der Waals surface area (Å²) in [5.41, 5.74) is 8.62. The number of cyclic esters (lactones) is 4. The minimum absolute atomic E-state index is 0.0179. The van der Waals surface area contributed by atoms with Gasteiger partial charge in [-0.1, -0.05) is 113 Å². The zero-order valence-electron chi connectivity index (χ0n) is 67.0. The molecule has 0 aromatic heterocycles. The number of esters is 8. The van der Waals surface area contributed by atoms with E-state index in [0.717, 1.165) is 77.7 Å². The van der Waals surface area contributed by atoms with Crippen molar-refractivity contribution in [2.24, 2.45) is 21.7 Å². The first-order valence-corrected chi connectivity index (χ1v) is 38.4. The SMILES string of the molecule is C=C1C=C[C@@H](OC(C)=O)CC12CC(=O)O[C@@H]2/C=C(\C)CC/C=C(/C=O)CO.C=C1C=C[C@@H](OC(C)=O)CC12CC(=O)O[C@@H]2/C=C(\C)CCC=C(CO)CO.C=C1CC[C@@H](OC(C)=O)CC12CC(=O)O[C@@H]2/C=C(\C)CCC=C(C)C.CC(=O)O[C@H]1CC2(CC(=O)O[C@@H]2/C=C(\C)CCC=C(C)C)C(=O)C[C@@H]1Nc1ccccc1. The lowest BCUT2D eigenvalue weighted by molar-refractivity contribution is -0.156. The number of para-hydroxylation sites is 1. The number of benzene rings is 1. The number of Topliss-reactive ketones (excluding diaryl/α,β-unsaturated/α-hetero) is 1. The molecule has 0 amide bonds. The Morgan fingerprint density at radius 2 is 0.892 bits per heavy atom. The van der Waals surface area contributed by atoms with Gasteiger partial charge < -0.3 is 58.5 Å². The summed E-state index contributed by atoms with van der Waals surface area (Å²) in [4.78, 5) is 118. The number of allylic oxidation sites excluding steroid dienone is 12. The fraction of sp³-hybridized carbons (Fsp3) is 0.528. The third-order valence-corrected chi connectivity index (χ3v) is 21.5. The summed E-state index contributed by atoms with van der Waals surface area (Å²) in [5.74, 6) is -2.61. The molecular formula is C89H117NO21. The van der Waals surface area contributed by atoms with Crippen molar-refractivity contribution in [2.75, 3.05) is 25.1 Å². The maximum absolute atomic E-state index is 13.4. The van der Waals surface area contributed by atoms with Crippen LogP contribution in [0.25, 0.3) is 0 Å². The summed E-state index contributed by atoms with van der Waals surface area (Å²) < 4.78 is 44.1. The average molecular weight is 1540 g/mol. The lowest BCUT2D eigenvalue weighted by atomic mass is 9.65. The van der Waals surface area contributed by atoms with E-state index in [-0.39, 0.29) is 118 Å². The average Bonchev–Trinajstić information content (AvgIpc) is 1.67. The molecule has 9 rings (SSSR count). The van der Waals surface area contributed by atoms with Crippen molar-refractivity contribution in [3.8, 4) is 0 Å². The van der Waals surface area contributed by atoms with Crippen LogP contribution >= 0.6 is 0 Å². The highest BCUT2D eigenvalue weighted by Gasteiger charge is 2.60. The maximum atomic E-state index is 13.4. The van der Waals surface area contributed by atoms with Crippen LogP contribution < -0.4 is 5.32 Å². The Morgan fingerprint density at radius 1 is 0.495 bits per heavy atom. The highest BCUT2D eigenvalue weighted by atomic mass is 16.6. The molecule has 604 valence electrons. The highest BCUT2D eigenvalue weighted by molar-refractivity contribution is 5.94. The lowest BCUT2D eigenvalue weighted by Gasteiger charge is -2.42. The molecule has 1 aromatic carbocycles. The fourth-order valence-corrected chi connectivity index (χ4v) is 15.6. The third kappa shape index (κ3) is 26.1. The first kappa shape index (κ1) is 90.5. The van der Waals surface area contributed by atoms with Crippen LogP contribution in [0.3, 0.4) is 0 Å². The number of ether oxygens (including phenoxy) is 8. The molecule has 111 heavy (non-hydrogen) atoms. The van der Waals surface area contributed by atoms with Gasteiger partial charge in [-0.05, 0) is 191 Å². The summed E-state index contributed by atoms with van der Waals surface area (Å²) in [7, 11) is 0. The van der Waals surface area contributed by atoms with Crippen LogP contribution in [0.5, 0.6) is 0 Å². The molecule has 22 nitrogen and oxygen atoms in total. The Balaban J connectivity index is 0.000000232. The second-order valence-electron chi connectivity index (χ2n) is 31.1. The molecule has 2 saturated carbocycles. The number of nitrogens with one attached hydrogen (secondary N) is 1. The van der Waals surface area contributed by atoms with Crippen LogP contribution in [0.15, 0.2) is 184 Å². The van der Waals surface area contributed by atoms with Gasteiger partial charge in [0.25, 0.3) is 0 Å². The summed E-state index contributed by atoms with van der Waals surface area (Å²) in [6.45, 7) is 33.6. The van der Waals surface area contributed by atoms with Gasteiger partial charge in [0.1, 0.15) is 60.9 Å². The summed E-state index contributed by atoms with van der Waals surface area (Å²) in [6.07, 6.45) is 30.6. The third-order valence-electron chi connectivity index (χ3n) is 21.5. The van der Waals surface area contributed by atoms with Crippen molar-refractivity contribution in [1.82, 2.24) is 0 Å². The molecule has 4 aliphatic carbocycles. The number of carbonyl (C=O) groups excluding carboxylic acids is 10. The van der Waals surface area contributed by atoms with Gasteiger partial charge in [-0.2, -0.15) is 0 Å². The Kier molecular flexibility index (Phi) is 34.5. The zero-order valence-corrected chi connectivity index (χ0v) is 67.0. The van der Waals surface area contributed by atoms with Gasteiger partial charge in [0.05, 0.1) is 57.0 Å². The number of ketones is 1. The molecule has 22 heteroatoms. The van der Waals surface area contributed by atoms with Crippen molar-refractivity contribution in [3.05, 3.63) is 184 Å². The molecule has 0 radical (unpaired) electrons. The van der Waals surface area contributed by atoms with Crippen LogP contribution in [0.2, 0.25) is 0 Å². The number of hydrogen-bond donors (Lipinski definition) is 4. The molecule has 4 spiro atoms. The molecule has 4 aliphatic heterocycles. The summed E-state index contributed by atoms with van der Waals surface area (Å²) >= 11 is 0. The van der Waals surface area contributed by atoms with Crippen molar-refractivity contribution >= 4 is 65.5 Å². The molecule has 4 N–H and O–H groups in total. The van der Waals surface area contributed by atoms with Crippen LogP contribution in [-0.4, -0.2) is 150 Å². The molecule has 8 aliphatic rings. The van der Waals surface area contributed by atoms with Gasteiger partial charge in [-0.25, -0.2) is 0 Å².